The highest BCUT2D eigenvalue weighted by atomic mass is 16.5. The van der Waals surface area contributed by atoms with Gasteiger partial charge in [0.2, 0.25) is 0 Å². The van der Waals surface area contributed by atoms with Crippen LogP contribution in [0.4, 0.5) is 17.2 Å². The number of ether oxygens (including phenoxy) is 2. The number of methoxy groups -OCH3 is 1. The number of hydrogen-bond donors (Lipinski definition) is 2. The van der Waals surface area contributed by atoms with Gasteiger partial charge >= 0.3 is 0 Å². The van der Waals surface area contributed by atoms with Gasteiger partial charge in [0.15, 0.2) is 0 Å². The van der Waals surface area contributed by atoms with E-state index in [4.69, 9.17) is 9.47 Å². The van der Waals surface area contributed by atoms with Crippen LogP contribution >= 0.6 is 0 Å². The second-order valence-electron chi connectivity index (χ2n) is 6.43. The van der Waals surface area contributed by atoms with Gasteiger partial charge < -0.3 is 20.1 Å². The number of amides is 1. The molecule has 0 aliphatic rings. The molecule has 2 N–H and O–H groups in total. The fourth-order valence-electron chi connectivity index (χ4n) is 2.58. The fraction of sp³-hybridized carbons (Fsp3) is 0.182. The third kappa shape index (κ3) is 5.23. The average molecular weight is 377 g/mol. The smallest absolute Gasteiger partial charge is 0.255 e. The number of carbonyl (C=O) groups excluding carboxylic acids is 1. The van der Waals surface area contributed by atoms with Crippen molar-refractivity contribution < 1.29 is 14.3 Å². The van der Waals surface area contributed by atoms with Crippen molar-refractivity contribution in [2.45, 2.75) is 20.0 Å². The number of nitrogens with zero attached hydrogens (tertiary/aromatic N) is 1. The summed E-state index contributed by atoms with van der Waals surface area (Å²) in [5.41, 5.74) is 2.02. The van der Waals surface area contributed by atoms with Crippen molar-refractivity contribution in [2.75, 3.05) is 17.7 Å². The van der Waals surface area contributed by atoms with Gasteiger partial charge in [-0.1, -0.05) is 6.07 Å². The molecule has 0 aliphatic carbocycles. The minimum atomic E-state index is -0.214. The monoisotopic (exact) mass is 377 g/mol. The molecule has 0 radical (unpaired) electrons. The van der Waals surface area contributed by atoms with Gasteiger partial charge in [0.05, 0.1) is 13.2 Å². The summed E-state index contributed by atoms with van der Waals surface area (Å²) in [4.78, 5) is 16.8. The van der Waals surface area contributed by atoms with Crippen molar-refractivity contribution in [1.82, 2.24) is 4.98 Å². The number of rotatable bonds is 7. The molecule has 1 amide bonds. The maximum atomic E-state index is 12.6. The standard InChI is InChI=1S/C22H23N3O3/c1-15(2)28-19-9-7-17(8-10-19)25-22(26)16-11-12-23-21(13-16)24-18-5-4-6-20(14-18)27-3/h4-15H,1-3H3,(H,23,24)(H,25,26). The number of hydrogen-bond acceptors (Lipinski definition) is 5. The quantitative estimate of drug-likeness (QED) is 0.614. The Morgan fingerprint density at radius 3 is 2.46 bits per heavy atom. The molecule has 0 bridgehead atoms. The predicted octanol–water partition coefficient (Wildman–Crippen LogP) is 4.87. The lowest BCUT2D eigenvalue weighted by molar-refractivity contribution is 0.102. The minimum absolute atomic E-state index is 0.104. The summed E-state index contributed by atoms with van der Waals surface area (Å²) in [5.74, 6) is 1.86. The zero-order valence-corrected chi connectivity index (χ0v) is 16.1. The van der Waals surface area contributed by atoms with Crippen molar-refractivity contribution in [1.29, 1.82) is 0 Å². The van der Waals surface area contributed by atoms with E-state index in [1.54, 1.807) is 25.4 Å². The third-order valence-corrected chi connectivity index (χ3v) is 3.85. The molecule has 3 aromatic rings. The van der Waals surface area contributed by atoms with Gasteiger partial charge in [0, 0.05) is 29.2 Å². The molecule has 0 fully saturated rings. The first kappa shape index (κ1) is 19.2. The maximum absolute atomic E-state index is 12.6. The summed E-state index contributed by atoms with van der Waals surface area (Å²) in [6.07, 6.45) is 1.70. The minimum Gasteiger partial charge on any atom is -0.497 e. The van der Waals surface area contributed by atoms with E-state index in [0.717, 1.165) is 17.2 Å². The maximum Gasteiger partial charge on any atom is 0.255 e. The van der Waals surface area contributed by atoms with Gasteiger partial charge in [-0.05, 0) is 62.4 Å². The Hall–Kier alpha value is -3.54. The van der Waals surface area contributed by atoms with Crippen LogP contribution in [0.1, 0.15) is 24.2 Å². The Morgan fingerprint density at radius 2 is 1.75 bits per heavy atom. The van der Waals surface area contributed by atoms with Crippen molar-refractivity contribution in [3.8, 4) is 11.5 Å². The molecule has 0 spiro atoms. The van der Waals surface area contributed by atoms with Gasteiger partial charge in [-0.3, -0.25) is 4.79 Å². The van der Waals surface area contributed by atoms with Crippen molar-refractivity contribution in [2.24, 2.45) is 0 Å². The highest BCUT2D eigenvalue weighted by Gasteiger charge is 2.08. The SMILES string of the molecule is COc1cccc(Nc2cc(C(=O)Nc3ccc(OC(C)C)cc3)ccn2)c1. The van der Waals surface area contributed by atoms with E-state index < -0.39 is 0 Å². The Labute approximate surface area is 164 Å². The summed E-state index contributed by atoms with van der Waals surface area (Å²) in [5, 5.41) is 6.05. The lowest BCUT2D eigenvalue weighted by Gasteiger charge is -2.11. The van der Waals surface area contributed by atoms with E-state index >= 15 is 0 Å². The lowest BCUT2D eigenvalue weighted by atomic mass is 10.2. The molecule has 3 rings (SSSR count). The first-order valence-corrected chi connectivity index (χ1v) is 8.98. The van der Waals surface area contributed by atoms with E-state index in [9.17, 15) is 4.79 Å². The van der Waals surface area contributed by atoms with E-state index in [1.807, 2.05) is 62.4 Å². The summed E-state index contributed by atoms with van der Waals surface area (Å²) in [7, 11) is 1.61. The highest BCUT2D eigenvalue weighted by molar-refractivity contribution is 6.04. The van der Waals surface area contributed by atoms with Gasteiger partial charge in [0.25, 0.3) is 5.91 Å². The molecule has 0 unspecified atom stereocenters. The van der Waals surface area contributed by atoms with Crippen molar-refractivity contribution in [3.63, 3.8) is 0 Å². The van der Waals surface area contributed by atoms with Gasteiger partial charge in [-0.15, -0.1) is 0 Å². The Morgan fingerprint density at radius 1 is 0.964 bits per heavy atom. The first-order valence-electron chi connectivity index (χ1n) is 8.98. The average Bonchev–Trinajstić information content (AvgIpc) is 2.69. The van der Waals surface area contributed by atoms with Crippen LogP contribution in [0.3, 0.4) is 0 Å². The number of carbonyl (C=O) groups is 1. The van der Waals surface area contributed by atoms with Crippen LogP contribution in [-0.2, 0) is 0 Å². The first-order chi connectivity index (χ1) is 13.5. The van der Waals surface area contributed by atoms with E-state index in [2.05, 4.69) is 15.6 Å². The molecule has 2 aromatic carbocycles. The normalized spacial score (nSPS) is 10.4. The number of anilines is 3. The third-order valence-electron chi connectivity index (χ3n) is 3.85. The molecular weight excluding hydrogens is 354 g/mol. The molecule has 6 heteroatoms. The van der Waals surface area contributed by atoms with Gasteiger partial charge in [-0.2, -0.15) is 0 Å². The second kappa shape index (κ2) is 8.90. The molecule has 1 heterocycles. The molecule has 1 aromatic heterocycles. The molecule has 0 saturated heterocycles. The molecular formula is C22H23N3O3. The molecule has 28 heavy (non-hydrogen) atoms. The predicted molar refractivity (Wildman–Crippen MR) is 111 cm³/mol. The number of nitrogens with one attached hydrogen (secondary N) is 2. The molecule has 0 atom stereocenters. The van der Waals surface area contributed by atoms with Gasteiger partial charge in [-0.25, -0.2) is 4.98 Å². The number of pyridine rings is 1. The summed E-state index contributed by atoms with van der Waals surface area (Å²) in [6.45, 7) is 3.94. The van der Waals surface area contributed by atoms with Crippen molar-refractivity contribution in [3.05, 3.63) is 72.4 Å². The zero-order chi connectivity index (χ0) is 19.9. The second-order valence-corrected chi connectivity index (χ2v) is 6.43. The summed E-state index contributed by atoms with van der Waals surface area (Å²) < 4.78 is 10.8. The molecule has 144 valence electrons. The molecule has 6 nitrogen and oxygen atoms in total. The summed E-state index contributed by atoms with van der Waals surface area (Å²) in [6, 6.07) is 18.2. The Kier molecular flexibility index (Phi) is 6.11. The Bertz CT molecular complexity index is 940. The van der Waals surface area contributed by atoms with E-state index in [1.165, 1.54) is 0 Å². The largest absolute Gasteiger partial charge is 0.497 e. The molecule has 0 saturated carbocycles. The summed E-state index contributed by atoms with van der Waals surface area (Å²) >= 11 is 0. The van der Waals surface area contributed by atoms with E-state index in [0.29, 0.717) is 17.1 Å². The van der Waals surface area contributed by atoms with Crippen LogP contribution < -0.4 is 20.1 Å². The fourth-order valence-corrected chi connectivity index (χ4v) is 2.58. The topological polar surface area (TPSA) is 72.5 Å². The van der Waals surface area contributed by atoms with E-state index in [-0.39, 0.29) is 12.0 Å². The lowest BCUT2D eigenvalue weighted by Crippen LogP contribution is -2.12. The molecule has 0 aliphatic heterocycles. The van der Waals surface area contributed by atoms with Crippen LogP contribution in [0.2, 0.25) is 0 Å². The number of benzene rings is 2. The van der Waals surface area contributed by atoms with Gasteiger partial charge in [0.1, 0.15) is 17.3 Å². The number of aromatic nitrogens is 1. The van der Waals surface area contributed by atoms with Crippen LogP contribution in [0.25, 0.3) is 0 Å². The Balaban J connectivity index is 1.68. The van der Waals surface area contributed by atoms with Crippen LogP contribution in [-0.4, -0.2) is 24.1 Å². The van der Waals surface area contributed by atoms with Crippen LogP contribution in [0.15, 0.2) is 66.9 Å². The highest BCUT2D eigenvalue weighted by Crippen LogP contribution is 2.21. The van der Waals surface area contributed by atoms with Crippen LogP contribution in [0.5, 0.6) is 11.5 Å². The van der Waals surface area contributed by atoms with Crippen molar-refractivity contribution >= 4 is 23.1 Å². The zero-order valence-electron chi connectivity index (χ0n) is 16.1. The van der Waals surface area contributed by atoms with Crippen LogP contribution in [0, 0.1) is 0 Å².